The maximum Gasteiger partial charge on any atom is 0.410 e. The van der Waals surface area contributed by atoms with E-state index in [2.05, 4.69) is 35.1 Å². The molecule has 2 bridgehead atoms. The highest BCUT2D eigenvalue weighted by Gasteiger charge is 2.32. The molecular weight excluding hydrogens is 692 g/mol. The third-order valence-corrected chi connectivity index (χ3v) is 9.64. The van der Waals surface area contributed by atoms with Crippen LogP contribution in [0, 0.1) is 11.8 Å². The van der Waals surface area contributed by atoms with E-state index >= 15 is 0 Å². The van der Waals surface area contributed by atoms with Gasteiger partial charge in [-0.15, -0.1) is 0 Å². The van der Waals surface area contributed by atoms with Gasteiger partial charge in [-0.2, -0.15) is 5.10 Å². The van der Waals surface area contributed by atoms with Gasteiger partial charge in [-0.3, -0.25) is 24.1 Å². The van der Waals surface area contributed by atoms with Crippen molar-refractivity contribution in [3.8, 4) is 5.75 Å². The fraction of sp³-hybridized carbons (Fsp3) is 0.513. The Balaban J connectivity index is 1.31. The van der Waals surface area contributed by atoms with E-state index in [0.717, 1.165) is 24.0 Å². The lowest BCUT2D eigenvalue weighted by Gasteiger charge is -2.25. The van der Waals surface area contributed by atoms with E-state index in [1.165, 1.54) is 4.90 Å². The van der Waals surface area contributed by atoms with Crippen LogP contribution in [0.1, 0.15) is 68.9 Å². The van der Waals surface area contributed by atoms with E-state index in [4.69, 9.17) is 19.6 Å². The summed E-state index contributed by atoms with van der Waals surface area (Å²) in [6, 6.07) is 13.7. The molecule has 15 heteroatoms. The number of nitrogens with one attached hydrogen (secondary N) is 4. The van der Waals surface area contributed by atoms with Crippen LogP contribution in [0.2, 0.25) is 0 Å². The Kier molecular flexibility index (Phi) is 12.4. The lowest BCUT2D eigenvalue weighted by Crippen LogP contribution is -2.55. The average Bonchev–Trinajstić information content (AvgIpc) is 3.73. The molecule has 15 nitrogen and oxygen atoms in total. The summed E-state index contributed by atoms with van der Waals surface area (Å²) in [6.45, 7) is 6.02. The molecular formula is C39H50N8O7. The monoisotopic (exact) mass is 742 g/mol. The van der Waals surface area contributed by atoms with E-state index in [1.54, 1.807) is 35.9 Å². The number of carbonyl (C=O) groups excluding carboxylic acids is 5. The van der Waals surface area contributed by atoms with Gasteiger partial charge in [-0.05, 0) is 67.7 Å². The number of ether oxygens (including phenoxy) is 2. The van der Waals surface area contributed by atoms with Crippen LogP contribution in [0.15, 0.2) is 54.6 Å². The molecule has 3 aliphatic heterocycles. The van der Waals surface area contributed by atoms with Crippen LogP contribution in [0.25, 0.3) is 0 Å². The molecule has 0 radical (unpaired) electrons. The third kappa shape index (κ3) is 10.8. The van der Waals surface area contributed by atoms with Crippen molar-refractivity contribution in [3.63, 3.8) is 0 Å². The Labute approximate surface area is 314 Å². The first-order chi connectivity index (χ1) is 26.0. The summed E-state index contributed by atoms with van der Waals surface area (Å²) >= 11 is 0. The molecule has 0 unspecified atom stereocenters. The highest BCUT2D eigenvalue weighted by molar-refractivity contribution is 5.93. The molecule has 3 aromatic rings. The fourth-order valence-electron chi connectivity index (χ4n) is 6.67. The number of amides is 5. The van der Waals surface area contributed by atoms with Crippen molar-refractivity contribution in [2.45, 2.75) is 90.0 Å². The van der Waals surface area contributed by atoms with Crippen molar-refractivity contribution < 1.29 is 33.4 Å². The second-order valence-electron chi connectivity index (χ2n) is 14.9. The van der Waals surface area contributed by atoms with E-state index in [9.17, 15) is 24.0 Å². The second kappa shape index (κ2) is 17.6. The van der Waals surface area contributed by atoms with Crippen molar-refractivity contribution >= 4 is 29.7 Å². The third-order valence-electron chi connectivity index (χ3n) is 9.64. The maximum absolute atomic E-state index is 13.9. The molecule has 2 aromatic carbocycles. The van der Waals surface area contributed by atoms with Crippen LogP contribution in [-0.4, -0.2) is 93.8 Å². The molecule has 4 heterocycles. The Morgan fingerprint density at radius 2 is 1.70 bits per heavy atom. The predicted molar refractivity (Wildman–Crippen MR) is 197 cm³/mol. The number of hydrogen-bond donors (Lipinski definition) is 4. The predicted octanol–water partition coefficient (Wildman–Crippen LogP) is 2.24. The molecule has 5 amide bonds. The van der Waals surface area contributed by atoms with Crippen LogP contribution in [0.3, 0.4) is 0 Å². The van der Waals surface area contributed by atoms with Crippen LogP contribution in [0.5, 0.6) is 5.75 Å². The molecule has 0 spiro atoms. The van der Waals surface area contributed by atoms with E-state index in [-0.39, 0.29) is 57.1 Å². The Morgan fingerprint density at radius 3 is 2.39 bits per heavy atom. The van der Waals surface area contributed by atoms with Gasteiger partial charge in [0.25, 0.3) is 0 Å². The topological polar surface area (TPSA) is 186 Å². The average molecular weight is 743 g/mol. The van der Waals surface area contributed by atoms with Crippen molar-refractivity contribution in [3.05, 3.63) is 77.4 Å². The van der Waals surface area contributed by atoms with Gasteiger partial charge in [-0.1, -0.05) is 56.3 Å². The van der Waals surface area contributed by atoms with Gasteiger partial charge in [0.15, 0.2) is 11.6 Å². The number of carbonyl (C=O) groups is 5. The van der Waals surface area contributed by atoms with Crippen LogP contribution in [0.4, 0.5) is 4.79 Å². The van der Waals surface area contributed by atoms with Crippen LogP contribution >= 0.6 is 0 Å². The number of cyclic esters (lactones) is 1. The zero-order chi connectivity index (χ0) is 38.2. The summed E-state index contributed by atoms with van der Waals surface area (Å²) < 4.78 is 12.7. The first-order valence-corrected chi connectivity index (χ1v) is 18.8. The Bertz CT molecular complexity index is 1790. The van der Waals surface area contributed by atoms with Crippen molar-refractivity contribution in [2.75, 3.05) is 26.3 Å². The van der Waals surface area contributed by atoms with Crippen molar-refractivity contribution in [1.82, 2.24) is 40.9 Å². The maximum atomic E-state index is 13.9. The normalized spacial score (nSPS) is 22.8. The molecule has 54 heavy (non-hydrogen) atoms. The van der Waals surface area contributed by atoms with Crippen molar-refractivity contribution in [1.29, 1.82) is 0 Å². The van der Waals surface area contributed by atoms with Crippen LogP contribution in [-0.2, 0) is 49.7 Å². The number of hydrogen-bond acceptors (Lipinski definition) is 9. The minimum absolute atomic E-state index is 0.103. The van der Waals surface area contributed by atoms with Gasteiger partial charge in [0.05, 0.1) is 18.6 Å². The molecule has 7 rings (SSSR count). The molecule has 4 atom stereocenters. The summed E-state index contributed by atoms with van der Waals surface area (Å²) in [6.07, 6.45) is 3.41. The molecule has 288 valence electrons. The molecule has 2 fully saturated rings. The van der Waals surface area contributed by atoms with Gasteiger partial charge >= 0.3 is 6.09 Å². The van der Waals surface area contributed by atoms with Gasteiger partial charge in [0, 0.05) is 12.8 Å². The summed E-state index contributed by atoms with van der Waals surface area (Å²) in [4.78, 5) is 72.7. The minimum Gasteiger partial charge on any atom is -0.491 e. The van der Waals surface area contributed by atoms with Gasteiger partial charge in [0.1, 0.15) is 44.1 Å². The number of nitrogens with zero attached hydrogens (tertiary/aromatic N) is 4. The van der Waals surface area contributed by atoms with Gasteiger partial charge < -0.3 is 30.7 Å². The first kappa shape index (κ1) is 38.3. The lowest BCUT2D eigenvalue weighted by molar-refractivity contribution is -0.132. The quantitative estimate of drug-likeness (QED) is 0.255. The molecule has 1 saturated carbocycles. The molecule has 4 N–H and O–H groups in total. The van der Waals surface area contributed by atoms with Gasteiger partial charge in [-0.25, -0.2) is 14.5 Å². The SMILES string of the molecule is CC(C)C[C@H]1COc2ccc(cc2)C[C@H](NC(=O)CN2CCOC2=O)C(=O)N[C@H](C)C(=O)N[C@H](Cc2ccccc2)c2nc(CC3CC3)nn2CC(=O)N1. The standard InChI is InChI=1S/C39H50N8O7/c1-24(2)17-29-23-54-30-13-11-27(12-14-30)19-32(42-34(48)21-46-15-16-53-39(46)52)38(51)40-25(3)37(50)43-31(18-26-7-5-4-6-8-26)36-44-33(20-28-9-10-28)45-47(36)22-35(49)41-29/h4-8,11-14,24-25,28-29,31-32H,9-10,15-23H2,1-3H3,(H,40,51)(H,41,49)(H,42,48)(H,43,50)/t25-,29+,31-,32+/m1/s1. The summed E-state index contributed by atoms with van der Waals surface area (Å²) in [5.74, 6) is 0.540. The lowest BCUT2D eigenvalue weighted by atomic mass is 10.0. The zero-order valence-electron chi connectivity index (χ0n) is 31.1. The van der Waals surface area contributed by atoms with E-state index < -0.39 is 41.9 Å². The number of fused-ring (bicyclic) bond motifs is 14. The summed E-state index contributed by atoms with van der Waals surface area (Å²) in [5.41, 5.74) is 1.66. The minimum atomic E-state index is -1.07. The number of rotatable bonds is 9. The summed E-state index contributed by atoms with van der Waals surface area (Å²) in [5, 5.41) is 16.5. The zero-order valence-corrected chi connectivity index (χ0v) is 31.1. The fourth-order valence-corrected chi connectivity index (χ4v) is 6.67. The van der Waals surface area contributed by atoms with E-state index in [0.29, 0.717) is 42.6 Å². The second-order valence-corrected chi connectivity index (χ2v) is 14.9. The summed E-state index contributed by atoms with van der Waals surface area (Å²) in [7, 11) is 0. The smallest absolute Gasteiger partial charge is 0.410 e. The number of benzene rings is 2. The first-order valence-electron chi connectivity index (χ1n) is 18.8. The van der Waals surface area contributed by atoms with Gasteiger partial charge in [0.2, 0.25) is 23.6 Å². The van der Waals surface area contributed by atoms with Crippen molar-refractivity contribution in [2.24, 2.45) is 11.8 Å². The Hall–Kier alpha value is -5.47. The molecule has 4 aliphatic rings. The van der Waals surface area contributed by atoms with Crippen LogP contribution < -0.4 is 26.0 Å². The highest BCUT2D eigenvalue weighted by Crippen LogP contribution is 2.32. The van der Waals surface area contributed by atoms with E-state index in [1.807, 2.05) is 30.3 Å². The Morgan fingerprint density at radius 1 is 0.944 bits per heavy atom. The molecule has 1 aromatic heterocycles. The molecule has 1 saturated heterocycles. The largest absolute Gasteiger partial charge is 0.491 e. The number of aromatic nitrogens is 3. The molecule has 1 aliphatic carbocycles. The highest BCUT2D eigenvalue weighted by atomic mass is 16.6.